The summed E-state index contributed by atoms with van der Waals surface area (Å²) in [5.41, 5.74) is 13.4. The van der Waals surface area contributed by atoms with E-state index in [4.69, 9.17) is 27.8 Å². The van der Waals surface area contributed by atoms with Crippen molar-refractivity contribution in [2.75, 3.05) is 5.73 Å². The zero-order valence-electron chi connectivity index (χ0n) is 11.1. The predicted molar refractivity (Wildman–Crippen MR) is 78.2 cm³/mol. The number of halogens is 1. The van der Waals surface area contributed by atoms with E-state index in [-0.39, 0.29) is 5.88 Å². The lowest BCUT2D eigenvalue weighted by molar-refractivity contribution is 0.1000. The molecule has 0 aliphatic rings. The Bertz CT molecular complexity index is 663. The van der Waals surface area contributed by atoms with Crippen LogP contribution < -0.4 is 16.2 Å². The van der Waals surface area contributed by atoms with Crippen molar-refractivity contribution in [1.82, 2.24) is 4.98 Å². The normalized spacial score (nSPS) is 10.3. The van der Waals surface area contributed by atoms with Gasteiger partial charge in [0.05, 0.1) is 10.7 Å². The van der Waals surface area contributed by atoms with E-state index in [0.717, 1.165) is 11.1 Å². The van der Waals surface area contributed by atoms with E-state index in [9.17, 15) is 4.79 Å². The molecule has 0 unspecified atom stereocenters. The number of ether oxygens (including phenoxy) is 1. The van der Waals surface area contributed by atoms with E-state index in [1.165, 1.54) is 6.20 Å². The molecule has 0 aliphatic carbocycles. The summed E-state index contributed by atoms with van der Waals surface area (Å²) < 4.78 is 5.71. The van der Waals surface area contributed by atoms with E-state index in [1.54, 1.807) is 18.2 Å². The molecule has 0 spiro atoms. The van der Waals surface area contributed by atoms with Crippen LogP contribution in [-0.2, 0) is 0 Å². The smallest absolute Gasteiger partial charge is 0.248 e. The van der Waals surface area contributed by atoms with Crippen LogP contribution in [0.15, 0.2) is 24.4 Å². The molecular formula is C14H14ClN3O2. The summed E-state index contributed by atoms with van der Waals surface area (Å²) in [5, 5.41) is 0.437. The third kappa shape index (κ3) is 2.83. The van der Waals surface area contributed by atoms with Gasteiger partial charge in [-0.3, -0.25) is 4.79 Å². The second-order valence-electron chi connectivity index (χ2n) is 4.45. The third-order valence-corrected chi connectivity index (χ3v) is 3.00. The first-order valence-corrected chi connectivity index (χ1v) is 6.26. The minimum atomic E-state index is -0.480. The Labute approximate surface area is 121 Å². The fraction of sp³-hybridized carbons (Fsp3) is 0.143. The molecule has 104 valence electrons. The summed E-state index contributed by atoms with van der Waals surface area (Å²) in [6.07, 6.45) is 1.45. The second kappa shape index (κ2) is 5.38. The van der Waals surface area contributed by atoms with Gasteiger partial charge in [-0.2, -0.15) is 0 Å². The first-order valence-electron chi connectivity index (χ1n) is 5.88. The Balaban J connectivity index is 2.41. The zero-order valence-corrected chi connectivity index (χ0v) is 11.9. The number of hydrogen-bond acceptors (Lipinski definition) is 4. The molecule has 0 aliphatic heterocycles. The summed E-state index contributed by atoms with van der Waals surface area (Å²) in [6.45, 7) is 3.64. The number of hydrogen-bond donors (Lipinski definition) is 2. The number of anilines is 1. The van der Waals surface area contributed by atoms with Gasteiger partial charge in [-0.1, -0.05) is 11.6 Å². The van der Waals surface area contributed by atoms with Crippen LogP contribution in [0.1, 0.15) is 21.5 Å². The van der Waals surface area contributed by atoms with Crippen molar-refractivity contribution in [2.45, 2.75) is 13.8 Å². The molecule has 1 aromatic carbocycles. The van der Waals surface area contributed by atoms with E-state index in [0.29, 0.717) is 22.0 Å². The van der Waals surface area contributed by atoms with E-state index >= 15 is 0 Å². The standard InChI is InChI=1S/C14H14ClN3O2/c1-7-3-9(13(17)19)4-8(2)12(7)20-14-11(16)5-10(15)6-18-14/h3-6H,16H2,1-2H3,(H2,17,19). The summed E-state index contributed by atoms with van der Waals surface area (Å²) in [5.74, 6) is 0.385. The third-order valence-electron chi connectivity index (χ3n) is 2.79. The molecule has 1 heterocycles. The van der Waals surface area contributed by atoms with Crippen LogP contribution in [0.4, 0.5) is 5.69 Å². The highest BCUT2D eigenvalue weighted by Gasteiger charge is 2.12. The topological polar surface area (TPSA) is 91.2 Å². The van der Waals surface area contributed by atoms with Crippen molar-refractivity contribution in [1.29, 1.82) is 0 Å². The van der Waals surface area contributed by atoms with Crippen molar-refractivity contribution in [3.63, 3.8) is 0 Å². The van der Waals surface area contributed by atoms with E-state index in [2.05, 4.69) is 4.98 Å². The number of primary amides is 1. The number of benzene rings is 1. The largest absolute Gasteiger partial charge is 0.437 e. The SMILES string of the molecule is Cc1cc(C(N)=O)cc(C)c1Oc1ncc(Cl)cc1N. The van der Waals surface area contributed by atoms with Crippen molar-refractivity contribution in [3.05, 3.63) is 46.1 Å². The Morgan fingerprint density at radius 2 is 1.85 bits per heavy atom. The molecular weight excluding hydrogens is 278 g/mol. The molecule has 20 heavy (non-hydrogen) atoms. The first kappa shape index (κ1) is 14.1. The number of pyridine rings is 1. The fourth-order valence-corrected chi connectivity index (χ4v) is 2.04. The van der Waals surface area contributed by atoms with Gasteiger partial charge < -0.3 is 16.2 Å². The van der Waals surface area contributed by atoms with Crippen LogP contribution in [0.25, 0.3) is 0 Å². The Kier molecular flexibility index (Phi) is 3.81. The highest BCUT2D eigenvalue weighted by Crippen LogP contribution is 2.32. The number of carbonyl (C=O) groups is 1. The molecule has 1 amide bonds. The van der Waals surface area contributed by atoms with Gasteiger partial charge in [-0.25, -0.2) is 4.98 Å². The highest BCUT2D eigenvalue weighted by atomic mass is 35.5. The molecule has 0 fully saturated rings. The minimum Gasteiger partial charge on any atom is -0.437 e. The molecule has 6 heteroatoms. The lowest BCUT2D eigenvalue weighted by Gasteiger charge is -2.13. The van der Waals surface area contributed by atoms with E-state index < -0.39 is 5.91 Å². The number of carbonyl (C=O) groups excluding carboxylic acids is 1. The van der Waals surface area contributed by atoms with Crippen molar-refractivity contribution >= 4 is 23.2 Å². The Hall–Kier alpha value is -2.27. The van der Waals surface area contributed by atoms with Gasteiger partial charge >= 0.3 is 0 Å². The number of aromatic nitrogens is 1. The van der Waals surface area contributed by atoms with Crippen LogP contribution in [0.2, 0.25) is 5.02 Å². The monoisotopic (exact) mass is 291 g/mol. The summed E-state index contributed by atoms with van der Waals surface area (Å²) in [4.78, 5) is 15.2. The molecule has 4 N–H and O–H groups in total. The van der Waals surface area contributed by atoms with Gasteiger partial charge in [0.1, 0.15) is 5.75 Å². The number of rotatable bonds is 3. The summed E-state index contributed by atoms with van der Waals surface area (Å²) >= 11 is 5.79. The fourth-order valence-electron chi connectivity index (χ4n) is 1.88. The molecule has 0 saturated carbocycles. The maximum Gasteiger partial charge on any atom is 0.248 e. The zero-order chi connectivity index (χ0) is 14.9. The van der Waals surface area contributed by atoms with Crippen LogP contribution in [-0.4, -0.2) is 10.9 Å². The van der Waals surface area contributed by atoms with Gasteiger partial charge in [0, 0.05) is 11.8 Å². The number of amides is 1. The molecule has 0 saturated heterocycles. The van der Waals surface area contributed by atoms with Crippen LogP contribution in [0, 0.1) is 13.8 Å². The highest BCUT2D eigenvalue weighted by molar-refractivity contribution is 6.30. The average Bonchev–Trinajstić information content (AvgIpc) is 2.35. The molecule has 2 aromatic rings. The van der Waals surface area contributed by atoms with Crippen LogP contribution in [0.3, 0.4) is 0 Å². The minimum absolute atomic E-state index is 0.271. The molecule has 0 atom stereocenters. The van der Waals surface area contributed by atoms with Gasteiger partial charge in [0.2, 0.25) is 11.8 Å². The van der Waals surface area contributed by atoms with Crippen LogP contribution in [0.5, 0.6) is 11.6 Å². The predicted octanol–water partition coefficient (Wildman–Crippen LogP) is 2.83. The van der Waals surface area contributed by atoms with Crippen molar-refractivity contribution < 1.29 is 9.53 Å². The van der Waals surface area contributed by atoms with Gasteiger partial charge in [-0.05, 0) is 43.2 Å². The Morgan fingerprint density at radius 1 is 1.25 bits per heavy atom. The molecule has 0 radical (unpaired) electrons. The first-order chi connectivity index (χ1) is 9.38. The average molecular weight is 292 g/mol. The van der Waals surface area contributed by atoms with E-state index in [1.807, 2.05) is 13.8 Å². The molecule has 0 bridgehead atoms. The Morgan fingerprint density at radius 3 is 2.35 bits per heavy atom. The molecule has 2 rings (SSSR count). The number of nitrogens with zero attached hydrogens (tertiary/aromatic N) is 1. The maximum atomic E-state index is 11.2. The number of nitrogens with two attached hydrogens (primary N) is 2. The lowest BCUT2D eigenvalue weighted by atomic mass is 10.1. The number of aryl methyl sites for hydroxylation is 2. The molecule has 1 aromatic heterocycles. The van der Waals surface area contributed by atoms with Crippen LogP contribution >= 0.6 is 11.6 Å². The lowest BCUT2D eigenvalue weighted by Crippen LogP contribution is -2.11. The van der Waals surface area contributed by atoms with Gasteiger partial charge in [0.25, 0.3) is 0 Å². The number of nitrogen functional groups attached to an aromatic ring is 1. The second-order valence-corrected chi connectivity index (χ2v) is 4.89. The van der Waals surface area contributed by atoms with Crippen molar-refractivity contribution in [3.8, 4) is 11.6 Å². The maximum absolute atomic E-state index is 11.2. The van der Waals surface area contributed by atoms with Gasteiger partial charge in [0.15, 0.2) is 0 Å². The summed E-state index contributed by atoms with van der Waals surface area (Å²) in [6, 6.07) is 4.89. The van der Waals surface area contributed by atoms with Gasteiger partial charge in [-0.15, -0.1) is 0 Å². The summed E-state index contributed by atoms with van der Waals surface area (Å²) in [7, 11) is 0. The molecule has 5 nitrogen and oxygen atoms in total. The quantitative estimate of drug-likeness (QED) is 0.909. The van der Waals surface area contributed by atoms with Crippen molar-refractivity contribution in [2.24, 2.45) is 5.73 Å².